The van der Waals surface area contributed by atoms with Crippen molar-refractivity contribution in [3.63, 3.8) is 0 Å². The summed E-state index contributed by atoms with van der Waals surface area (Å²) in [6.07, 6.45) is 2.38. The second-order valence-corrected chi connectivity index (χ2v) is 4.24. The van der Waals surface area contributed by atoms with Gasteiger partial charge < -0.3 is 10.2 Å². The molecule has 1 aliphatic rings. The fourth-order valence-electron chi connectivity index (χ4n) is 2.20. The van der Waals surface area contributed by atoms with Gasteiger partial charge in [-0.3, -0.25) is 0 Å². The zero-order valence-corrected chi connectivity index (χ0v) is 9.66. The van der Waals surface area contributed by atoms with E-state index in [0.717, 1.165) is 13.0 Å². The van der Waals surface area contributed by atoms with Crippen LogP contribution < -0.4 is 10.2 Å². The van der Waals surface area contributed by atoms with Gasteiger partial charge in [-0.25, -0.2) is 0 Å². The number of benzene rings is 1. The lowest BCUT2D eigenvalue weighted by molar-refractivity contribution is 0.617. The van der Waals surface area contributed by atoms with Crippen molar-refractivity contribution in [3.8, 4) is 0 Å². The molecule has 0 aliphatic carbocycles. The molecule has 1 N–H and O–H groups in total. The first-order chi connectivity index (χ1) is 7.33. The van der Waals surface area contributed by atoms with Gasteiger partial charge in [0.05, 0.1) is 0 Å². The van der Waals surface area contributed by atoms with Crippen molar-refractivity contribution < 1.29 is 0 Å². The van der Waals surface area contributed by atoms with Crippen LogP contribution in [0.25, 0.3) is 0 Å². The molecule has 0 saturated carbocycles. The first-order valence-corrected chi connectivity index (χ1v) is 5.84. The first kappa shape index (κ1) is 10.5. The van der Waals surface area contributed by atoms with E-state index in [1.165, 1.54) is 24.2 Å². The molecule has 0 aromatic heterocycles. The SMILES string of the molecule is CCc1cccc(N2CCC(NC)C2)c1. The number of nitrogens with one attached hydrogen (secondary N) is 1. The topological polar surface area (TPSA) is 15.3 Å². The summed E-state index contributed by atoms with van der Waals surface area (Å²) in [6.45, 7) is 4.53. The normalized spacial score (nSPS) is 20.9. The van der Waals surface area contributed by atoms with Gasteiger partial charge in [0.2, 0.25) is 0 Å². The van der Waals surface area contributed by atoms with E-state index in [0.29, 0.717) is 6.04 Å². The Labute approximate surface area is 92.3 Å². The minimum Gasteiger partial charge on any atom is -0.370 e. The Bertz CT molecular complexity index is 322. The van der Waals surface area contributed by atoms with Crippen molar-refractivity contribution in [2.24, 2.45) is 0 Å². The van der Waals surface area contributed by atoms with Crippen LogP contribution in [0.2, 0.25) is 0 Å². The molecule has 0 spiro atoms. The Balaban J connectivity index is 2.09. The highest BCUT2D eigenvalue weighted by atomic mass is 15.2. The van der Waals surface area contributed by atoms with E-state index in [9.17, 15) is 0 Å². The molecule has 2 rings (SSSR count). The van der Waals surface area contributed by atoms with Crippen LogP contribution in [0.5, 0.6) is 0 Å². The molecule has 1 aliphatic heterocycles. The van der Waals surface area contributed by atoms with E-state index in [1.807, 2.05) is 0 Å². The monoisotopic (exact) mass is 204 g/mol. The summed E-state index contributed by atoms with van der Waals surface area (Å²) in [4.78, 5) is 2.47. The average Bonchev–Trinajstić information content (AvgIpc) is 2.78. The zero-order valence-electron chi connectivity index (χ0n) is 9.66. The minimum atomic E-state index is 0.662. The highest BCUT2D eigenvalue weighted by molar-refractivity contribution is 5.49. The standard InChI is InChI=1S/C13H20N2/c1-3-11-5-4-6-13(9-11)15-8-7-12(10-15)14-2/h4-6,9,12,14H,3,7-8,10H2,1-2H3. The quantitative estimate of drug-likeness (QED) is 0.810. The van der Waals surface area contributed by atoms with Crippen LogP contribution in [0.4, 0.5) is 5.69 Å². The maximum Gasteiger partial charge on any atom is 0.0369 e. The van der Waals surface area contributed by atoms with Crippen LogP contribution in [0.3, 0.4) is 0 Å². The second kappa shape index (κ2) is 4.67. The van der Waals surface area contributed by atoms with Gasteiger partial charge in [0, 0.05) is 24.8 Å². The number of likely N-dealkylation sites (N-methyl/N-ethyl adjacent to an activating group) is 1. The molecule has 0 bridgehead atoms. The summed E-state index contributed by atoms with van der Waals surface area (Å²) >= 11 is 0. The van der Waals surface area contributed by atoms with Crippen LogP contribution in [-0.2, 0) is 6.42 Å². The number of anilines is 1. The van der Waals surface area contributed by atoms with E-state index in [4.69, 9.17) is 0 Å². The summed E-state index contributed by atoms with van der Waals surface area (Å²) in [5.74, 6) is 0. The fraction of sp³-hybridized carbons (Fsp3) is 0.538. The van der Waals surface area contributed by atoms with Gasteiger partial charge in [-0.15, -0.1) is 0 Å². The molecule has 1 unspecified atom stereocenters. The fourth-order valence-corrected chi connectivity index (χ4v) is 2.20. The molecular weight excluding hydrogens is 184 g/mol. The van der Waals surface area contributed by atoms with Gasteiger partial charge in [-0.2, -0.15) is 0 Å². The number of hydrogen-bond donors (Lipinski definition) is 1. The predicted octanol–water partition coefficient (Wildman–Crippen LogP) is 2.05. The van der Waals surface area contributed by atoms with Crippen LogP contribution in [0, 0.1) is 0 Å². The Hall–Kier alpha value is -1.02. The predicted molar refractivity (Wildman–Crippen MR) is 65.5 cm³/mol. The lowest BCUT2D eigenvalue weighted by Crippen LogP contribution is -2.29. The molecule has 0 radical (unpaired) electrons. The number of rotatable bonds is 3. The largest absolute Gasteiger partial charge is 0.370 e. The second-order valence-electron chi connectivity index (χ2n) is 4.24. The number of nitrogens with zero attached hydrogens (tertiary/aromatic N) is 1. The third-order valence-electron chi connectivity index (χ3n) is 3.28. The lowest BCUT2D eigenvalue weighted by Gasteiger charge is -2.19. The zero-order chi connectivity index (χ0) is 10.7. The molecule has 2 heteroatoms. The minimum absolute atomic E-state index is 0.662. The highest BCUT2D eigenvalue weighted by Crippen LogP contribution is 2.21. The average molecular weight is 204 g/mol. The summed E-state index contributed by atoms with van der Waals surface area (Å²) < 4.78 is 0. The van der Waals surface area contributed by atoms with Crippen LogP contribution in [-0.4, -0.2) is 26.2 Å². The summed E-state index contributed by atoms with van der Waals surface area (Å²) in [5, 5.41) is 3.35. The molecule has 0 amide bonds. The molecule has 82 valence electrons. The van der Waals surface area contributed by atoms with Crippen molar-refractivity contribution in [2.75, 3.05) is 25.0 Å². The third kappa shape index (κ3) is 2.32. The van der Waals surface area contributed by atoms with Gasteiger partial charge >= 0.3 is 0 Å². The van der Waals surface area contributed by atoms with Crippen molar-refractivity contribution in [1.82, 2.24) is 5.32 Å². The van der Waals surface area contributed by atoms with Crippen molar-refractivity contribution in [1.29, 1.82) is 0 Å². The molecule has 1 aromatic carbocycles. The maximum atomic E-state index is 3.35. The van der Waals surface area contributed by atoms with Gasteiger partial charge in [-0.05, 0) is 37.6 Å². The molecule has 15 heavy (non-hydrogen) atoms. The van der Waals surface area contributed by atoms with Gasteiger partial charge in [0.25, 0.3) is 0 Å². The van der Waals surface area contributed by atoms with Crippen molar-refractivity contribution in [3.05, 3.63) is 29.8 Å². The molecule has 1 aromatic rings. The highest BCUT2D eigenvalue weighted by Gasteiger charge is 2.20. The van der Waals surface area contributed by atoms with Crippen LogP contribution in [0.15, 0.2) is 24.3 Å². The van der Waals surface area contributed by atoms with E-state index >= 15 is 0 Å². The summed E-state index contributed by atoms with van der Waals surface area (Å²) in [6, 6.07) is 9.57. The van der Waals surface area contributed by atoms with E-state index in [1.54, 1.807) is 0 Å². The van der Waals surface area contributed by atoms with Gasteiger partial charge in [0.1, 0.15) is 0 Å². The van der Waals surface area contributed by atoms with Gasteiger partial charge in [-0.1, -0.05) is 19.1 Å². The molecule has 1 atom stereocenters. The molecule has 1 saturated heterocycles. The Morgan fingerprint density at radius 1 is 1.47 bits per heavy atom. The first-order valence-electron chi connectivity index (χ1n) is 5.84. The smallest absolute Gasteiger partial charge is 0.0369 e. The van der Waals surface area contributed by atoms with Crippen molar-refractivity contribution in [2.45, 2.75) is 25.8 Å². The van der Waals surface area contributed by atoms with Gasteiger partial charge in [0.15, 0.2) is 0 Å². The van der Waals surface area contributed by atoms with Crippen molar-refractivity contribution >= 4 is 5.69 Å². The Kier molecular flexibility index (Phi) is 3.27. The van der Waals surface area contributed by atoms with E-state index in [-0.39, 0.29) is 0 Å². The van der Waals surface area contributed by atoms with E-state index in [2.05, 4.69) is 48.5 Å². The summed E-state index contributed by atoms with van der Waals surface area (Å²) in [5.41, 5.74) is 2.81. The molecule has 2 nitrogen and oxygen atoms in total. The Morgan fingerprint density at radius 2 is 2.33 bits per heavy atom. The lowest BCUT2D eigenvalue weighted by atomic mass is 10.1. The number of hydrogen-bond acceptors (Lipinski definition) is 2. The molecule has 1 heterocycles. The third-order valence-corrected chi connectivity index (χ3v) is 3.28. The maximum absolute atomic E-state index is 3.35. The number of aryl methyl sites for hydroxylation is 1. The summed E-state index contributed by atoms with van der Waals surface area (Å²) in [7, 11) is 2.05. The molecule has 1 fully saturated rings. The van der Waals surface area contributed by atoms with E-state index < -0.39 is 0 Å². The van der Waals surface area contributed by atoms with Crippen LogP contribution in [0.1, 0.15) is 18.9 Å². The Morgan fingerprint density at radius 3 is 3.00 bits per heavy atom. The van der Waals surface area contributed by atoms with Crippen LogP contribution >= 0.6 is 0 Å². The molecular formula is C13H20N2.